The molecule has 0 aliphatic carbocycles. The molecular formula is C5H18P2. The molecule has 0 radical (unpaired) electrons. The monoisotopic (exact) mass is 140 g/mol. The van der Waals surface area contributed by atoms with E-state index < -0.39 is 0 Å². The van der Waals surface area contributed by atoms with Gasteiger partial charge in [0.2, 0.25) is 0 Å². The standard InChI is InChI=1S/2C2H7P.CH4/c2*1-3-2;/h2*3H,1-2H3;1H4. The van der Waals surface area contributed by atoms with Crippen molar-refractivity contribution in [3.05, 3.63) is 0 Å². The minimum Gasteiger partial charge on any atom is -0.129 e. The van der Waals surface area contributed by atoms with E-state index in [-0.39, 0.29) is 7.43 Å². The summed E-state index contributed by atoms with van der Waals surface area (Å²) in [6, 6.07) is 0. The molecule has 0 rings (SSSR count). The number of rotatable bonds is 0. The number of hydrogen-bond acceptors (Lipinski definition) is 0. The third-order valence-corrected chi connectivity index (χ3v) is 0. The highest BCUT2D eigenvalue weighted by atomic mass is 31.1. The Hall–Kier alpha value is 0.860. The van der Waals surface area contributed by atoms with Gasteiger partial charge >= 0.3 is 0 Å². The van der Waals surface area contributed by atoms with Crippen molar-refractivity contribution in [2.24, 2.45) is 0 Å². The summed E-state index contributed by atoms with van der Waals surface area (Å²) in [5, 5.41) is 0. The van der Waals surface area contributed by atoms with Crippen molar-refractivity contribution in [2.45, 2.75) is 7.43 Å². The summed E-state index contributed by atoms with van der Waals surface area (Å²) in [7, 11) is 2.17. The predicted octanol–water partition coefficient (Wildman–Crippen LogP) is 2.49. The maximum Gasteiger partial charge on any atom is -0.0475 e. The molecule has 0 atom stereocenters. The van der Waals surface area contributed by atoms with Crippen LogP contribution in [-0.4, -0.2) is 26.7 Å². The average Bonchev–Trinajstić information content (AvgIpc) is 1.39. The molecule has 0 aliphatic rings. The van der Waals surface area contributed by atoms with Crippen LogP contribution < -0.4 is 0 Å². The van der Waals surface area contributed by atoms with Gasteiger partial charge in [-0.05, 0) is 26.7 Å². The third-order valence-electron chi connectivity index (χ3n) is 0. The maximum absolute atomic E-state index is 2.15. The van der Waals surface area contributed by atoms with Crippen LogP contribution in [0.1, 0.15) is 7.43 Å². The van der Waals surface area contributed by atoms with Gasteiger partial charge in [-0.25, -0.2) is 0 Å². The summed E-state index contributed by atoms with van der Waals surface area (Å²) in [6.07, 6.45) is 0. The van der Waals surface area contributed by atoms with Crippen molar-refractivity contribution < 1.29 is 0 Å². The summed E-state index contributed by atoms with van der Waals surface area (Å²) in [4.78, 5) is 0. The van der Waals surface area contributed by atoms with Crippen molar-refractivity contribution >= 4 is 17.2 Å². The van der Waals surface area contributed by atoms with Crippen molar-refractivity contribution in [3.63, 3.8) is 0 Å². The molecule has 0 spiro atoms. The molecule has 0 saturated heterocycles. The fourth-order valence-electron chi connectivity index (χ4n) is 0. The van der Waals surface area contributed by atoms with E-state index in [1.165, 1.54) is 0 Å². The fraction of sp³-hybridized carbons (Fsp3) is 1.00. The molecule has 0 amide bonds. The van der Waals surface area contributed by atoms with Gasteiger partial charge in [0.05, 0.1) is 0 Å². The lowest BCUT2D eigenvalue weighted by Gasteiger charge is -1.50. The van der Waals surface area contributed by atoms with Gasteiger partial charge in [-0.3, -0.25) is 0 Å². The first-order valence-corrected chi connectivity index (χ1v) is 6.00. The van der Waals surface area contributed by atoms with Gasteiger partial charge in [-0.2, -0.15) is 0 Å². The Balaban J connectivity index is -0.0000000400. The van der Waals surface area contributed by atoms with E-state index in [0.29, 0.717) is 0 Å². The second kappa shape index (κ2) is 28.8. The molecule has 0 heterocycles. The largest absolute Gasteiger partial charge is 0.129 e. The first-order valence-electron chi connectivity index (χ1n) is 2.00. The van der Waals surface area contributed by atoms with Gasteiger partial charge < -0.3 is 0 Å². The van der Waals surface area contributed by atoms with Crippen LogP contribution >= 0.6 is 17.2 Å². The molecule has 0 N–H and O–H groups in total. The topological polar surface area (TPSA) is 0 Å². The van der Waals surface area contributed by atoms with Gasteiger partial charge in [0.1, 0.15) is 0 Å². The molecule has 0 fully saturated rings. The van der Waals surface area contributed by atoms with E-state index in [1.807, 2.05) is 0 Å². The predicted molar refractivity (Wildman–Crippen MR) is 47.1 cm³/mol. The van der Waals surface area contributed by atoms with Crippen LogP contribution in [0, 0.1) is 0 Å². The minimum atomic E-state index is 0. The van der Waals surface area contributed by atoms with E-state index in [4.69, 9.17) is 0 Å². The Kier molecular flexibility index (Phi) is 64.4. The van der Waals surface area contributed by atoms with Gasteiger partial charge in [0, 0.05) is 0 Å². The Morgan fingerprint density at radius 1 is 0.714 bits per heavy atom. The van der Waals surface area contributed by atoms with E-state index >= 15 is 0 Å². The highest BCUT2D eigenvalue weighted by molar-refractivity contribution is 7.36. The first kappa shape index (κ1) is 15.7. The van der Waals surface area contributed by atoms with Crippen LogP contribution in [0.5, 0.6) is 0 Å². The van der Waals surface area contributed by atoms with Crippen molar-refractivity contribution in [1.82, 2.24) is 0 Å². The van der Waals surface area contributed by atoms with Crippen molar-refractivity contribution in [1.29, 1.82) is 0 Å². The second-order valence-electron chi connectivity index (χ2n) is 1.00. The molecule has 0 aromatic heterocycles. The van der Waals surface area contributed by atoms with Gasteiger partial charge in [-0.1, -0.05) is 7.43 Å². The van der Waals surface area contributed by atoms with Crippen LogP contribution in [0.3, 0.4) is 0 Å². The molecule has 0 nitrogen and oxygen atoms in total. The zero-order valence-corrected chi connectivity index (χ0v) is 7.00. The molecule has 48 valence electrons. The van der Waals surface area contributed by atoms with E-state index in [0.717, 1.165) is 17.2 Å². The molecular weight excluding hydrogens is 122 g/mol. The van der Waals surface area contributed by atoms with Crippen LogP contribution in [-0.2, 0) is 0 Å². The number of hydrogen-bond donors (Lipinski definition) is 0. The molecule has 7 heavy (non-hydrogen) atoms. The molecule has 0 unspecified atom stereocenters. The summed E-state index contributed by atoms with van der Waals surface area (Å²) in [6.45, 7) is 8.61. The Morgan fingerprint density at radius 3 is 0.714 bits per heavy atom. The Bertz CT molecular complexity index is 8.04. The minimum absolute atomic E-state index is 0. The van der Waals surface area contributed by atoms with Crippen molar-refractivity contribution in [3.8, 4) is 0 Å². The molecule has 2 heteroatoms. The van der Waals surface area contributed by atoms with Gasteiger partial charge in [-0.15, -0.1) is 17.2 Å². The normalized spacial score (nSPS) is 5.14. The van der Waals surface area contributed by atoms with Crippen LogP contribution in [0.2, 0.25) is 0 Å². The van der Waals surface area contributed by atoms with Crippen LogP contribution in [0.25, 0.3) is 0 Å². The van der Waals surface area contributed by atoms with E-state index in [1.54, 1.807) is 0 Å². The molecule has 0 aromatic carbocycles. The molecule has 0 aliphatic heterocycles. The zero-order chi connectivity index (χ0) is 5.41. The highest BCUT2D eigenvalue weighted by Crippen LogP contribution is 1.84. The fourth-order valence-corrected chi connectivity index (χ4v) is 0. The third kappa shape index (κ3) is 219. The van der Waals surface area contributed by atoms with E-state index in [9.17, 15) is 0 Å². The lowest BCUT2D eigenvalue weighted by Crippen LogP contribution is -1.18. The van der Waals surface area contributed by atoms with Gasteiger partial charge in [0.25, 0.3) is 0 Å². The molecule has 0 aromatic rings. The lowest BCUT2D eigenvalue weighted by atomic mass is 11.9. The Labute approximate surface area is 52.0 Å². The van der Waals surface area contributed by atoms with E-state index in [2.05, 4.69) is 26.7 Å². The van der Waals surface area contributed by atoms with Gasteiger partial charge in [0.15, 0.2) is 0 Å². The maximum atomic E-state index is 2.15. The summed E-state index contributed by atoms with van der Waals surface area (Å²) < 4.78 is 0. The average molecular weight is 140 g/mol. The summed E-state index contributed by atoms with van der Waals surface area (Å²) in [5.41, 5.74) is 0. The highest BCUT2D eigenvalue weighted by Gasteiger charge is 1.33. The SMILES string of the molecule is C.CPC.CPC. The molecule has 0 saturated carbocycles. The second-order valence-corrected chi connectivity index (χ2v) is 3.00. The zero-order valence-electron chi connectivity index (χ0n) is 5.00. The molecule has 0 bridgehead atoms. The summed E-state index contributed by atoms with van der Waals surface area (Å²) >= 11 is 0. The lowest BCUT2D eigenvalue weighted by molar-refractivity contribution is 2.32. The van der Waals surface area contributed by atoms with Crippen molar-refractivity contribution in [2.75, 3.05) is 26.7 Å². The first-order chi connectivity index (χ1) is 2.83. The van der Waals surface area contributed by atoms with Crippen LogP contribution in [0.15, 0.2) is 0 Å². The summed E-state index contributed by atoms with van der Waals surface area (Å²) in [5.74, 6) is 0. The smallest absolute Gasteiger partial charge is 0.0475 e. The van der Waals surface area contributed by atoms with Crippen LogP contribution in [0.4, 0.5) is 0 Å². The quantitative estimate of drug-likeness (QED) is 0.453. The Morgan fingerprint density at radius 2 is 0.714 bits per heavy atom.